The number of phenolic OH excluding ortho intramolecular Hbond substituents is 1. The highest BCUT2D eigenvalue weighted by molar-refractivity contribution is 7.92. The largest absolute Gasteiger partial charge is 0.508 e. The van der Waals surface area contributed by atoms with Crippen LogP contribution < -0.4 is 4.72 Å². The molecule has 2 aromatic rings. The molecule has 2 rings (SSSR count). The predicted octanol–water partition coefficient (Wildman–Crippen LogP) is 1.92. The first-order valence-corrected chi connectivity index (χ1v) is 6.54. The summed E-state index contributed by atoms with van der Waals surface area (Å²) in [6.45, 7) is 0. The number of aromatic hydroxyl groups is 1. The van der Waals surface area contributed by atoms with Crippen LogP contribution >= 0.6 is 0 Å². The van der Waals surface area contributed by atoms with Gasteiger partial charge in [-0.1, -0.05) is 12.1 Å². The van der Waals surface area contributed by atoms with Crippen molar-refractivity contribution in [3.05, 3.63) is 36.4 Å². The Morgan fingerprint density at radius 2 is 1.75 bits per heavy atom. The quantitative estimate of drug-likeness (QED) is 0.838. The first-order chi connectivity index (χ1) is 7.44. The second-order valence-corrected chi connectivity index (χ2v) is 5.37. The van der Waals surface area contributed by atoms with E-state index in [2.05, 4.69) is 4.72 Å². The second kappa shape index (κ2) is 3.68. The summed E-state index contributed by atoms with van der Waals surface area (Å²) in [5.41, 5.74) is 0.487. The van der Waals surface area contributed by atoms with E-state index in [0.29, 0.717) is 5.69 Å². The van der Waals surface area contributed by atoms with Crippen LogP contribution in [0, 0.1) is 0 Å². The summed E-state index contributed by atoms with van der Waals surface area (Å²) < 4.78 is 24.5. The fraction of sp³-hybridized carbons (Fsp3) is 0.0909. The van der Waals surface area contributed by atoms with E-state index < -0.39 is 10.0 Å². The van der Waals surface area contributed by atoms with E-state index in [1.165, 1.54) is 0 Å². The Labute approximate surface area is 93.6 Å². The van der Waals surface area contributed by atoms with Gasteiger partial charge >= 0.3 is 0 Å². The monoisotopic (exact) mass is 237 g/mol. The van der Waals surface area contributed by atoms with E-state index in [4.69, 9.17) is 0 Å². The molecule has 0 saturated carbocycles. The normalized spacial score (nSPS) is 11.6. The van der Waals surface area contributed by atoms with Crippen molar-refractivity contribution in [2.24, 2.45) is 0 Å². The molecule has 0 aliphatic rings. The SMILES string of the molecule is CS(=O)(=O)Nc1ccc2ccc(O)cc2c1. The number of hydrogen-bond donors (Lipinski definition) is 2. The van der Waals surface area contributed by atoms with Crippen LogP contribution in [0.1, 0.15) is 0 Å². The Kier molecular flexibility index (Phi) is 2.47. The van der Waals surface area contributed by atoms with Crippen molar-refractivity contribution < 1.29 is 13.5 Å². The number of phenols is 1. The molecule has 2 N–H and O–H groups in total. The highest BCUT2D eigenvalue weighted by Crippen LogP contribution is 2.23. The maximum atomic E-state index is 11.0. The van der Waals surface area contributed by atoms with Gasteiger partial charge in [-0.05, 0) is 35.0 Å². The zero-order chi connectivity index (χ0) is 11.8. The summed E-state index contributed by atoms with van der Waals surface area (Å²) in [6, 6.07) is 10.1. The lowest BCUT2D eigenvalue weighted by molar-refractivity contribution is 0.476. The molecule has 84 valence electrons. The van der Waals surface area contributed by atoms with E-state index in [1.807, 2.05) is 0 Å². The Hall–Kier alpha value is -1.75. The molecule has 0 bridgehead atoms. The fourth-order valence-corrected chi connectivity index (χ4v) is 2.07. The summed E-state index contributed by atoms with van der Waals surface area (Å²) in [5, 5.41) is 11.0. The predicted molar refractivity (Wildman–Crippen MR) is 64.1 cm³/mol. The number of anilines is 1. The van der Waals surface area contributed by atoms with Crippen LogP contribution in [0.15, 0.2) is 36.4 Å². The average Bonchev–Trinajstić information content (AvgIpc) is 2.14. The fourth-order valence-electron chi connectivity index (χ4n) is 1.51. The molecule has 0 amide bonds. The van der Waals surface area contributed by atoms with Crippen LogP contribution in [-0.2, 0) is 10.0 Å². The molecule has 0 aromatic heterocycles. The number of benzene rings is 2. The van der Waals surface area contributed by atoms with Crippen molar-refractivity contribution in [1.29, 1.82) is 0 Å². The number of sulfonamides is 1. The van der Waals surface area contributed by atoms with E-state index in [1.54, 1.807) is 36.4 Å². The van der Waals surface area contributed by atoms with Crippen LogP contribution in [-0.4, -0.2) is 19.8 Å². The molecule has 0 aliphatic heterocycles. The van der Waals surface area contributed by atoms with Crippen molar-refractivity contribution in [3.63, 3.8) is 0 Å². The van der Waals surface area contributed by atoms with Gasteiger partial charge in [0.2, 0.25) is 10.0 Å². The smallest absolute Gasteiger partial charge is 0.229 e. The zero-order valence-corrected chi connectivity index (χ0v) is 9.45. The molecule has 0 atom stereocenters. The van der Waals surface area contributed by atoms with Crippen LogP contribution in [0.2, 0.25) is 0 Å². The van der Waals surface area contributed by atoms with Gasteiger partial charge in [0.25, 0.3) is 0 Å². The van der Waals surface area contributed by atoms with Gasteiger partial charge in [-0.15, -0.1) is 0 Å². The van der Waals surface area contributed by atoms with Crippen molar-refractivity contribution in [2.75, 3.05) is 11.0 Å². The molecule has 0 unspecified atom stereocenters. The van der Waals surface area contributed by atoms with Crippen molar-refractivity contribution in [3.8, 4) is 5.75 Å². The van der Waals surface area contributed by atoms with Gasteiger partial charge < -0.3 is 5.11 Å². The summed E-state index contributed by atoms with van der Waals surface area (Å²) in [4.78, 5) is 0. The minimum absolute atomic E-state index is 0.156. The van der Waals surface area contributed by atoms with Gasteiger partial charge in [0.15, 0.2) is 0 Å². The third kappa shape index (κ3) is 2.43. The van der Waals surface area contributed by atoms with Crippen LogP contribution in [0.3, 0.4) is 0 Å². The zero-order valence-electron chi connectivity index (χ0n) is 8.64. The van der Waals surface area contributed by atoms with Gasteiger partial charge in [-0.2, -0.15) is 0 Å². The van der Waals surface area contributed by atoms with E-state index >= 15 is 0 Å². The number of rotatable bonds is 2. The summed E-state index contributed by atoms with van der Waals surface area (Å²) >= 11 is 0. The minimum atomic E-state index is -3.27. The number of fused-ring (bicyclic) bond motifs is 1. The first kappa shape index (κ1) is 10.8. The second-order valence-electron chi connectivity index (χ2n) is 3.62. The molecule has 0 fully saturated rings. The van der Waals surface area contributed by atoms with Crippen LogP contribution in [0.4, 0.5) is 5.69 Å². The maximum absolute atomic E-state index is 11.0. The molecule has 0 radical (unpaired) electrons. The Morgan fingerprint density at radius 3 is 2.44 bits per heavy atom. The molecule has 0 spiro atoms. The number of hydrogen-bond acceptors (Lipinski definition) is 3. The molecule has 0 aliphatic carbocycles. The van der Waals surface area contributed by atoms with Gasteiger partial charge in [0.05, 0.1) is 6.26 Å². The maximum Gasteiger partial charge on any atom is 0.229 e. The lowest BCUT2D eigenvalue weighted by atomic mass is 10.1. The van der Waals surface area contributed by atoms with Crippen LogP contribution in [0.25, 0.3) is 10.8 Å². The third-order valence-electron chi connectivity index (χ3n) is 2.13. The molecule has 5 heteroatoms. The molecule has 2 aromatic carbocycles. The molecular weight excluding hydrogens is 226 g/mol. The van der Waals surface area contributed by atoms with E-state index in [0.717, 1.165) is 17.0 Å². The summed E-state index contributed by atoms with van der Waals surface area (Å²) in [7, 11) is -3.27. The molecular formula is C11H11NO3S. The summed E-state index contributed by atoms with van der Waals surface area (Å²) in [6.07, 6.45) is 1.10. The summed E-state index contributed by atoms with van der Waals surface area (Å²) in [5.74, 6) is 0.156. The first-order valence-electron chi connectivity index (χ1n) is 4.65. The topological polar surface area (TPSA) is 66.4 Å². The average molecular weight is 237 g/mol. The van der Waals surface area contributed by atoms with Crippen molar-refractivity contribution in [1.82, 2.24) is 0 Å². The molecule has 4 nitrogen and oxygen atoms in total. The van der Waals surface area contributed by atoms with Gasteiger partial charge in [-0.3, -0.25) is 4.72 Å². The lowest BCUT2D eigenvalue weighted by Crippen LogP contribution is -2.09. The van der Waals surface area contributed by atoms with Gasteiger partial charge in [0.1, 0.15) is 5.75 Å². The Balaban J connectivity index is 2.51. The highest BCUT2D eigenvalue weighted by Gasteiger charge is 2.02. The van der Waals surface area contributed by atoms with E-state index in [-0.39, 0.29) is 5.75 Å². The minimum Gasteiger partial charge on any atom is -0.508 e. The Morgan fingerprint density at radius 1 is 1.06 bits per heavy atom. The molecule has 0 heterocycles. The molecule has 16 heavy (non-hydrogen) atoms. The third-order valence-corrected chi connectivity index (χ3v) is 2.73. The number of nitrogens with one attached hydrogen (secondary N) is 1. The van der Waals surface area contributed by atoms with Crippen molar-refractivity contribution in [2.45, 2.75) is 0 Å². The highest BCUT2D eigenvalue weighted by atomic mass is 32.2. The lowest BCUT2D eigenvalue weighted by Gasteiger charge is -2.05. The Bertz CT molecular complexity index is 635. The molecule has 0 saturated heterocycles. The van der Waals surface area contributed by atoms with Gasteiger partial charge in [0, 0.05) is 5.69 Å². The van der Waals surface area contributed by atoms with Gasteiger partial charge in [-0.25, -0.2) is 8.42 Å². The van der Waals surface area contributed by atoms with Crippen molar-refractivity contribution >= 4 is 26.5 Å². The standard InChI is InChI=1S/C11H11NO3S/c1-16(14,15)12-10-4-2-8-3-5-11(13)7-9(8)6-10/h2-7,12-13H,1H3. The van der Waals surface area contributed by atoms with E-state index in [9.17, 15) is 13.5 Å². The van der Waals surface area contributed by atoms with Crippen LogP contribution in [0.5, 0.6) is 5.75 Å².